The van der Waals surface area contributed by atoms with Crippen LogP contribution in [0.2, 0.25) is 0 Å². The molecule has 2 heteroatoms. The van der Waals surface area contributed by atoms with E-state index in [1.807, 2.05) is 0 Å². The van der Waals surface area contributed by atoms with Crippen LogP contribution in [0.1, 0.15) is 52.4 Å². The first-order valence-electron chi connectivity index (χ1n) is 6.62. The standard InChI is InChI=1S/C13H27NO/c1-3-7-13(15)10-12(2)11-14-8-5-4-6-9-14/h12-13,15H,3-11H2,1-2H3. The summed E-state index contributed by atoms with van der Waals surface area (Å²) in [6.45, 7) is 8.13. The maximum Gasteiger partial charge on any atom is 0.0543 e. The molecule has 0 aromatic carbocycles. The molecular weight excluding hydrogens is 186 g/mol. The van der Waals surface area contributed by atoms with Gasteiger partial charge in [0, 0.05) is 6.54 Å². The molecule has 90 valence electrons. The first-order valence-corrected chi connectivity index (χ1v) is 6.62. The van der Waals surface area contributed by atoms with Crippen molar-refractivity contribution in [3.05, 3.63) is 0 Å². The summed E-state index contributed by atoms with van der Waals surface area (Å²) in [6, 6.07) is 0. The Bertz CT molecular complexity index is 155. The van der Waals surface area contributed by atoms with Crippen LogP contribution in [0, 0.1) is 5.92 Å². The molecule has 1 fully saturated rings. The van der Waals surface area contributed by atoms with Crippen LogP contribution < -0.4 is 0 Å². The lowest BCUT2D eigenvalue weighted by Gasteiger charge is -2.29. The third-order valence-corrected chi connectivity index (χ3v) is 3.31. The fourth-order valence-electron chi connectivity index (χ4n) is 2.57. The lowest BCUT2D eigenvalue weighted by atomic mass is 9.99. The van der Waals surface area contributed by atoms with Gasteiger partial charge in [-0.15, -0.1) is 0 Å². The maximum atomic E-state index is 9.73. The largest absolute Gasteiger partial charge is 0.393 e. The monoisotopic (exact) mass is 213 g/mol. The normalized spacial score (nSPS) is 22.6. The highest BCUT2D eigenvalue weighted by molar-refractivity contribution is 4.69. The average Bonchev–Trinajstić information content (AvgIpc) is 2.19. The minimum atomic E-state index is -0.0743. The number of aliphatic hydroxyl groups is 1. The molecule has 0 aliphatic carbocycles. The van der Waals surface area contributed by atoms with Gasteiger partial charge < -0.3 is 10.0 Å². The van der Waals surface area contributed by atoms with Crippen LogP contribution in [0.3, 0.4) is 0 Å². The van der Waals surface area contributed by atoms with Crippen LogP contribution >= 0.6 is 0 Å². The molecule has 0 saturated carbocycles. The van der Waals surface area contributed by atoms with E-state index in [0.717, 1.165) is 19.3 Å². The van der Waals surface area contributed by atoms with Crippen LogP contribution in [-0.2, 0) is 0 Å². The molecule has 0 aromatic rings. The molecule has 15 heavy (non-hydrogen) atoms. The van der Waals surface area contributed by atoms with Crippen LogP contribution in [0.25, 0.3) is 0 Å². The molecule has 0 bridgehead atoms. The topological polar surface area (TPSA) is 23.5 Å². The Morgan fingerprint density at radius 1 is 1.20 bits per heavy atom. The molecule has 1 N–H and O–H groups in total. The molecule has 2 nitrogen and oxygen atoms in total. The number of hydrogen-bond acceptors (Lipinski definition) is 2. The number of aliphatic hydroxyl groups excluding tert-OH is 1. The van der Waals surface area contributed by atoms with Gasteiger partial charge >= 0.3 is 0 Å². The second-order valence-electron chi connectivity index (χ2n) is 5.14. The number of likely N-dealkylation sites (tertiary alicyclic amines) is 1. The molecule has 0 aromatic heterocycles. The predicted octanol–water partition coefficient (Wildman–Crippen LogP) is 2.66. The van der Waals surface area contributed by atoms with Crippen molar-refractivity contribution in [2.24, 2.45) is 5.92 Å². The summed E-state index contributed by atoms with van der Waals surface area (Å²) < 4.78 is 0. The summed E-state index contributed by atoms with van der Waals surface area (Å²) in [5.41, 5.74) is 0. The van der Waals surface area contributed by atoms with E-state index in [9.17, 15) is 5.11 Å². The van der Waals surface area contributed by atoms with E-state index in [1.165, 1.54) is 38.9 Å². The van der Waals surface area contributed by atoms with Gasteiger partial charge in [-0.3, -0.25) is 0 Å². The zero-order chi connectivity index (χ0) is 11.1. The van der Waals surface area contributed by atoms with Gasteiger partial charge in [0.05, 0.1) is 6.10 Å². The van der Waals surface area contributed by atoms with Gasteiger partial charge in [-0.2, -0.15) is 0 Å². The van der Waals surface area contributed by atoms with Gasteiger partial charge in [-0.25, -0.2) is 0 Å². The molecule has 0 radical (unpaired) electrons. The molecule has 1 heterocycles. The van der Waals surface area contributed by atoms with E-state index in [-0.39, 0.29) is 6.10 Å². The van der Waals surface area contributed by atoms with Crippen LogP contribution in [0.5, 0.6) is 0 Å². The van der Waals surface area contributed by atoms with Gasteiger partial charge in [0.2, 0.25) is 0 Å². The maximum absolute atomic E-state index is 9.73. The summed E-state index contributed by atoms with van der Waals surface area (Å²) in [7, 11) is 0. The Morgan fingerprint density at radius 2 is 1.87 bits per heavy atom. The number of rotatable bonds is 6. The Morgan fingerprint density at radius 3 is 2.47 bits per heavy atom. The van der Waals surface area contributed by atoms with Gasteiger partial charge in [0.25, 0.3) is 0 Å². The highest BCUT2D eigenvalue weighted by Gasteiger charge is 2.15. The second kappa shape index (κ2) is 7.24. The third-order valence-electron chi connectivity index (χ3n) is 3.31. The van der Waals surface area contributed by atoms with Gasteiger partial charge in [0.1, 0.15) is 0 Å². The van der Waals surface area contributed by atoms with Crippen molar-refractivity contribution in [2.75, 3.05) is 19.6 Å². The summed E-state index contributed by atoms with van der Waals surface area (Å²) >= 11 is 0. The SMILES string of the molecule is CCCC(O)CC(C)CN1CCCCC1. The molecule has 0 spiro atoms. The molecule has 1 aliphatic heterocycles. The molecular formula is C13H27NO. The number of hydrogen-bond donors (Lipinski definition) is 1. The first kappa shape index (κ1) is 13.0. The van der Waals surface area contributed by atoms with Crippen molar-refractivity contribution in [3.63, 3.8) is 0 Å². The van der Waals surface area contributed by atoms with E-state index >= 15 is 0 Å². The highest BCUT2D eigenvalue weighted by atomic mass is 16.3. The van der Waals surface area contributed by atoms with Crippen molar-refractivity contribution in [2.45, 2.75) is 58.5 Å². The lowest BCUT2D eigenvalue weighted by Crippen LogP contribution is -2.34. The number of nitrogens with zero attached hydrogens (tertiary/aromatic N) is 1. The molecule has 1 saturated heterocycles. The molecule has 2 atom stereocenters. The average molecular weight is 213 g/mol. The Labute approximate surface area is 94.7 Å². The van der Waals surface area contributed by atoms with Crippen molar-refractivity contribution in [1.82, 2.24) is 4.90 Å². The van der Waals surface area contributed by atoms with E-state index in [2.05, 4.69) is 18.7 Å². The second-order valence-corrected chi connectivity index (χ2v) is 5.14. The van der Waals surface area contributed by atoms with E-state index in [4.69, 9.17) is 0 Å². The Kier molecular flexibility index (Phi) is 6.26. The minimum absolute atomic E-state index is 0.0743. The first-order chi connectivity index (χ1) is 7.22. The molecule has 1 aliphatic rings. The number of piperidine rings is 1. The third kappa shape index (κ3) is 5.53. The summed E-state index contributed by atoms with van der Waals surface area (Å²) in [4.78, 5) is 2.56. The van der Waals surface area contributed by atoms with E-state index in [0.29, 0.717) is 5.92 Å². The highest BCUT2D eigenvalue weighted by Crippen LogP contribution is 2.15. The van der Waals surface area contributed by atoms with E-state index in [1.54, 1.807) is 0 Å². The molecule has 1 rings (SSSR count). The lowest BCUT2D eigenvalue weighted by molar-refractivity contribution is 0.116. The van der Waals surface area contributed by atoms with Crippen molar-refractivity contribution < 1.29 is 5.11 Å². The quantitative estimate of drug-likeness (QED) is 0.733. The summed E-state index contributed by atoms with van der Waals surface area (Å²) in [6.07, 6.45) is 7.10. The Balaban J connectivity index is 2.13. The van der Waals surface area contributed by atoms with Crippen molar-refractivity contribution >= 4 is 0 Å². The van der Waals surface area contributed by atoms with Crippen LogP contribution in [0.15, 0.2) is 0 Å². The predicted molar refractivity (Wildman–Crippen MR) is 65.0 cm³/mol. The van der Waals surface area contributed by atoms with Gasteiger partial charge in [-0.05, 0) is 44.7 Å². The van der Waals surface area contributed by atoms with E-state index < -0.39 is 0 Å². The van der Waals surface area contributed by atoms with Gasteiger partial charge in [0.15, 0.2) is 0 Å². The van der Waals surface area contributed by atoms with Crippen molar-refractivity contribution in [3.8, 4) is 0 Å². The minimum Gasteiger partial charge on any atom is -0.393 e. The zero-order valence-corrected chi connectivity index (χ0v) is 10.4. The van der Waals surface area contributed by atoms with Crippen LogP contribution in [-0.4, -0.2) is 35.7 Å². The molecule has 2 unspecified atom stereocenters. The fraction of sp³-hybridized carbons (Fsp3) is 1.00. The Hall–Kier alpha value is -0.0800. The van der Waals surface area contributed by atoms with Crippen molar-refractivity contribution in [1.29, 1.82) is 0 Å². The molecule has 0 amide bonds. The zero-order valence-electron chi connectivity index (χ0n) is 10.4. The van der Waals surface area contributed by atoms with Crippen LogP contribution in [0.4, 0.5) is 0 Å². The summed E-state index contributed by atoms with van der Waals surface area (Å²) in [5.74, 6) is 0.643. The summed E-state index contributed by atoms with van der Waals surface area (Å²) in [5, 5.41) is 9.73. The fourth-order valence-corrected chi connectivity index (χ4v) is 2.57. The van der Waals surface area contributed by atoms with Gasteiger partial charge in [-0.1, -0.05) is 26.7 Å². The smallest absolute Gasteiger partial charge is 0.0543 e.